The molecular weight excluding hydrogens is 312 g/mol. The van der Waals surface area contributed by atoms with Gasteiger partial charge in [0, 0.05) is 32.1 Å². The van der Waals surface area contributed by atoms with Crippen molar-refractivity contribution in [3.63, 3.8) is 0 Å². The van der Waals surface area contributed by atoms with E-state index in [9.17, 15) is 9.59 Å². The van der Waals surface area contributed by atoms with Crippen molar-refractivity contribution in [2.75, 3.05) is 18.0 Å². The third-order valence-electron chi connectivity index (χ3n) is 4.44. The van der Waals surface area contributed by atoms with Crippen molar-refractivity contribution in [2.24, 2.45) is 0 Å². The lowest BCUT2D eigenvalue weighted by Gasteiger charge is -2.21. The second kappa shape index (κ2) is 5.96. The van der Waals surface area contributed by atoms with E-state index >= 15 is 0 Å². The van der Waals surface area contributed by atoms with Crippen LogP contribution in [-0.2, 0) is 11.3 Å². The quantitative estimate of drug-likeness (QED) is 0.905. The Balaban J connectivity index is 1.64. The first-order valence-corrected chi connectivity index (χ1v) is 9.13. The van der Waals surface area contributed by atoms with Gasteiger partial charge in [0.25, 0.3) is 5.56 Å². The van der Waals surface area contributed by atoms with Crippen LogP contribution in [0.2, 0.25) is 0 Å². The smallest absolute Gasteiger partial charge is 0.272 e. The minimum absolute atomic E-state index is 0.0221. The van der Waals surface area contributed by atoms with Crippen molar-refractivity contribution >= 4 is 33.4 Å². The predicted molar refractivity (Wildman–Crippen MR) is 91.1 cm³/mol. The summed E-state index contributed by atoms with van der Waals surface area (Å²) in [6.45, 7) is 2.25. The molecule has 0 bridgehead atoms. The Morgan fingerprint density at radius 3 is 2.87 bits per heavy atom. The number of carbonyl (C=O) groups is 1. The Morgan fingerprint density at radius 2 is 2.13 bits per heavy atom. The summed E-state index contributed by atoms with van der Waals surface area (Å²) in [4.78, 5) is 31.6. The molecule has 2 fully saturated rings. The summed E-state index contributed by atoms with van der Waals surface area (Å²) in [7, 11) is 0. The topological polar surface area (TPSA) is 67.2 Å². The van der Waals surface area contributed by atoms with Crippen molar-refractivity contribution in [1.29, 1.82) is 0 Å². The van der Waals surface area contributed by atoms with Gasteiger partial charge in [-0.3, -0.25) is 14.2 Å². The van der Waals surface area contributed by atoms with Crippen LogP contribution in [0.4, 0.5) is 5.95 Å². The van der Waals surface area contributed by atoms with Crippen LogP contribution in [0.5, 0.6) is 0 Å². The summed E-state index contributed by atoms with van der Waals surface area (Å²) in [5, 5.41) is 4.88. The van der Waals surface area contributed by atoms with Crippen LogP contribution >= 0.6 is 11.3 Å². The van der Waals surface area contributed by atoms with E-state index in [4.69, 9.17) is 4.98 Å². The van der Waals surface area contributed by atoms with E-state index in [1.807, 2.05) is 11.4 Å². The lowest BCUT2D eigenvalue weighted by atomic mass is 10.3. The maximum atomic E-state index is 12.8. The third-order valence-corrected chi connectivity index (χ3v) is 5.33. The minimum Gasteiger partial charge on any atom is -0.353 e. The van der Waals surface area contributed by atoms with Crippen LogP contribution in [-0.4, -0.2) is 34.6 Å². The number of amides is 1. The number of thiophene rings is 1. The fourth-order valence-electron chi connectivity index (χ4n) is 3.03. The van der Waals surface area contributed by atoms with Crippen molar-refractivity contribution in [3.8, 4) is 0 Å². The van der Waals surface area contributed by atoms with Gasteiger partial charge in [0.2, 0.25) is 11.9 Å². The summed E-state index contributed by atoms with van der Waals surface area (Å²) >= 11 is 1.42. The molecule has 1 aliphatic heterocycles. The Hall–Kier alpha value is -1.89. The van der Waals surface area contributed by atoms with Crippen LogP contribution in [0, 0.1) is 0 Å². The molecule has 2 aromatic heterocycles. The first kappa shape index (κ1) is 14.7. The molecule has 7 heteroatoms. The van der Waals surface area contributed by atoms with E-state index in [0.29, 0.717) is 23.7 Å². The van der Waals surface area contributed by atoms with Crippen LogP contribution in [0.25, 0.3) is 10.2 Å². The van der Waals surface area contributed by atoms with E-state index in [1.54, 1.807) is 4.57 Å². The zero-order chi connectivity index (χ0) is 15.8. The predicted octanol–water partition coefficient (Wildman–Crippen LogP) is 1.73. The summed E-state index contributed by atoms with van der Waals surface area (Å²) in [6.07, 6.45) is 4.73. The Kier molecular flexibility index (Phi) is 3.80. The average molecular weight is 332 g/mol. The van der Waals surface area contributed by atoms with Gasteiger partial charge in [-0.15, -0.1) is 11.3 Å². The van der Waals surface area contributed by atoms with E-state index in [-0.39, 0.29) is 11.5 Å². The number of carbonyl (C=O) groups excluding carboxylic acids is 1. The van der Waals surface area contributed by atoms with Crippen molar-refractivity contribution < 1.29 is 4.79 Å². The van der Waals surface area contributed by atoms with Gasteiger partial charge in [-0.2, -0.15) is 0 Å². The zero-order valence-corrected chi connectivity index (χ0v) is 13.8. The molecule has 6 nitrogen and oxygen atoms in total. The third kappa shape index (κ3) is 2.97. The van der Waals surface area contributed by atoms with E-state index < -0.39 is 0 Å². The van der Waals surface area contributed by atoms with Gasteiger partial charge in [0.05, 0.1) is 5.52 Å². The number of rotatable bonds is 5. The molecular formula is C16H20N4O2S. The first-order chi connectivity index (χ1) is 11.2. The summed E-state index contributed by atoms with van der Waals surface area (Å²) < 4.78 is 2.37. The number of anilines is 1. The molecule has 0 unspecified atom stereocenters. The standard InChI is InChI=1S/C16H20N4O2S/c21-13(17-11-3-4-11)5-9-20-15(22)14-12(6-10-23-14)18-16(20)19-7-1-2-8-19/h6,10-11H,1-5,7-9H2,(H,17,21). The number of fused-ring (bicyclic) bond motifs is 1. The maximum Gasteiger partial charge on any atom is 0.272 e. The van der Waals surface area contributed by atoms with Gasteiger partial charge >= 0.3 is 0 Å². The molecule has 0 aromatic carbocycles. The van der Waals surface area contributed by atoms with E-state index in [2.05, 4.69) is 10.2 Å². The van der Waals surface area contributed by atoms with Crippen molar-refractivity contribution in [3.05, 3.63) is 21.8 Å². The largest absolute Gasteiger partial charge is 0.353 e. The molecule has 23 heavy (non-hydrogen) atoms. The highest BCUT2D eigenvalue weighted by atomic mass is 32.1. The second-order valence-electron chi connectivity index (χ2n) is 6.29. The molecule has 0 spiro atoms. The SMILES string of the molecule is O=C(CCn1c(N2CCCC2)nc2ccsc2c1=O)NC1CC1. The first-order valence-electron chi connectivity index (χ1n) is 8.25. The number of nitrogens with one attached hydrogen (secondary N) is 1. The van der Waals surface area contributed by atoms with Crippen molar-refractivity contribution in [2.45, 2.75) is 44.7 Å². The molecule has 2 aliphatic rings. The summed E-state index contributed by atoms with van der Waals surface area (Å²) in [6, 6.07) is 2.25. The number of hydrogen-bond acceptors (Lipinski definition) is 5. The normalized spacial score (nSPS) is 17.8. The molecule has 122 valence electrons. The zero-order valence-electron chi connectivity index (χ0n) is 13.0. The lowest BCUT2D eigenvalue weighted by molar-refractivity contribution is -0.121. The number of hydrogen-bond donors (Lipinski definition) is 1. The molecule has 1 N–H and O–H groups in total. The van der Waals surface area contributed by atoms with Gasteiger partial charge in [-0.05, 0) is 37.1 Å². The fraction of sp³-hybridized carbons (Fsp3) is 0.562. The minimum atomic E-state index is -0.0221. The highest BCUT2D eigenvalue weighted by molar-refractivity contribution is 7.17. The van der Waals surface area contributed by atoms with Crippen LogP contribution in [0.3, 0.4) is 0 Å². The van der Waals surface area contributed by atoms with Crippen LogP contribution in [0.1, 0.15) is 32.1 Å². The Bertz CT molecular complexity index is 787. The number of nitrogens with zero attached hydrogens (tertiary/aromatic N) is 3. The summed E-state index contributed by atoms with van der Waals surface area (Å²) in [5.41, 5.74) is 0.742. The van der Waals surface area contributed by atoms with Crippen LogP contribution < -0.4 is 15.8 Å². The van der Waals surface area contributed by atoms with E-state index in [0.717, 1.165) is 50.2 Å². The highest BCUT2D eigenvalue weighted by Crippen LogP contribution is 2.23. The molecule has 1 aliphatic carbocycles. The molecule has 0 atom stereocenters. The van der Waals surface area contributed by atoms with E-state index in [1.165, 1.54) is 11.3 Å². The van der Waals surface area contributed by atoms with Crippen molar-refractivity contribution in [1.82, 2.24) is 14.9 Å². The van der Waals surface area contributed by atoms with Gasteiger partial charge in [-0.25, -0.2) is 4.98 Å². The molecule has 4 rings (SSSR count). The van der Waals surface area contributed by atoms with Gasteiger partial charge < -0.3 is 10.2 Å². The highest BCUT2D eigenvalue weighted by Gasteiger charge is 2.24. The Labute approximate surface area is 138 Å². The van der Waals surface area contributed by atoms with Crippen LogP contribution in [0.15, 0.2) is 16.2 Å². The summed E-state index contributed by atoms with van der Waals surface area (Å²) in [5.74, 6) is 0.746. The Morgan fingerprint density at radius 1 is 1.35 bits per heavy atom. The molecule has 1 saturated heterocycles. The van der Waals surface area contributed by atoms with Gasteiger partial charge in [0.1, 0.15) is 4.70 Å². The fourth-order valence-corrected chi connectivity index (χ4v) is 3.81. The molecule has 2 aromatic rings. The number of aromatic nitrogens is 2. The molecule has 1 amide bonds. The van der Waals surface area contributed by atoms with Gasteiger partial charge in [-0.1, -0.05) is 0 Å². The molecule has 3 heterocycles. The monoisotopic (exact) mass is 332 g/mol. The second-order valence-corrected chi connectivity index (χ2v) is 7.21. The van der Waals surface area contributed by atoms with Gasteiger partial charge in [0.15, 0.2) is 0 Å². The molecule has 1 saturated carbocycles. The average Bonchev–Trinajstić information content (AvgIpc) is 3.04. The lowest BCUT2D eigenvalue weighted by Crippen LogP contribution is -2.33. The molecule has 0 radical (unpaired) electrons. The maximum absolute atomic E-state index is 12.8.